The summed E-state index contributed by atoms with van der Waals surface area (Å²) >= 11 is 3.31. The second-order valence-electron chi connectivity index (χ2n) is 4.21. The molecule has 0 saturated carbocycles. The molecule has 0 aromatic carbocycles. The summed E-state index contributed by atoms with van der Waals surface area (Å²) in [4.78, 5) is 14.0. The summed E-state index contributed by atoms with van der Waals surface area (Å²) in [7, 11) is 3.93. The Balaban J connectivity index is 2.77. The fourth-order valence-electron chi connectivity index (χ4n) is 1.35. The highest BCUT2D eigenvalue weighted by Crippen LogP contribution is 2.15. The van der Waals surface area contributed by atoms with Gasteiger partial charge in [0.05, 0.1) is 18.4 Å². The molecule has 100 valence electrons. The van der Waals surface area contributed by atoms with E-state index in [-0.39, 0.29) is 5.56 Å². The Morgan fingerprint density at radius 1 is 1.61 bits per heavy atom. The van der Waals surface area contributed by atoms with E-state index >= 15 is 0 Å². The van der Waals surface area contributed by atoms with E-state index in [1.807, 2.05) is 25.1 Å². The lowest BCUT2D eigenvalue weighted by atomic mass is 10.4. The van der Waals surface area contributed by atoms with Crippen molar-refractivity contribution in [2.75, 3.05) is 32.5 Å². The molecule has 0 radical (unpaired) electrons. The van der Waals surface area contributed by atoms with Crippen molar-refractivity contribution in [2.45, 2.75) is 13.0 Å². The van der Waals surface area contributed by atoms with Gasteiger partial charge in [0, 0.05) is 13.1 Å². The fourth-order valence-corrected chi connectivity index (χ4v) is 1.80. The molecular formula is C12H19BrN4O. The van der Waals surface area contributed by atoms with Crippen LogP contribution in [0.2, 0.25) is 0 Å². The maximum Gasteiger partial charge on any atom is 0.283 e. The SMILES string of the molecule is C=CCCNc1cnn(CCN(C)C)c(=O)c1Br. The largest absolute Gasteiger partial charge is 0.382 e. The van der Waals surface area contributed by atoms with Gasteiger partial charge in [-0.2, -0.15) is 5.10 Å². The predicted molar refractivity (Wildman–Crippen MR) is 78.1 cm³/mol. The van der Waals surface area contributed by atoms with Gasteiger partial charge in [-0.05, 0) is 36.4 Å². The lowest BCUT2D eigenvalue weighted by Gasteiger charge is -2.12. The van der Waals surface area contributed by atoms with Crippen LogP contribution in [-0.2, 0) is 6.54 Å². The normalized spacial score (nSPS) is 10.7. The first-order valence-electron chi connectivity index (χ1n) is 5.81. The third kappa shape index (κ3) is 4.27. The van der Waals surface area contributed by atoms with Crippen molar-refractivity contribution >= 4 is 21.6 Å². The van der Waals surface area contributed by atoms with E-state index < -0.39 is 0 Å². The molecule has 1 aromatic heterocycles. The molecule has 1 aromatic rings. The maximum atomic E-state index is 12.0. The number of anilines is 1. The van der Waals surface area contributed by atoms with Crippen LogP contribution >= 0.6 is 15.9 Å². The van der Waals surface area contributed by atoms with Crippen LogP contribution in [0.15, 0.2) is 28.1 Å². The zero-order valence-electron chi connectivity index (χ0n) is 10.8. The van der Waals surface area contributed by atoms with Gasteiger partial charge in [-0.3, -0.25) is 4.79 Å². The van der Waals surface area contributed by atoms with E-state index in [2.05, 4.69) is 32.9 Å². The van der Waals surface area contributed by atoms with Gasteiger partial charge in [0.25, 0.3) is 5.56 Å². The second kappa shape index (κ2) is 7.33. The van der Waals surface area contributed by atoms with Crippen molar-refractivity contribution in [3.63, 3.8) is 0 Å². The lowest BCUT2D eigenvalue weighted by molar-refractivity contribution is 0.367. The quantitative estimate of drug-likeness (QED) is 0.613. The Kier molecular flexibility index (Phi) is 6.07. The lowest BCUT2D eigenvalue weighted by Crippen LogP contribution is -2.29. The van der Waals surface area contributed by atoms with Crippen molar-refractivity contribution in [3.8, 4) is 0 Å². The van der Waals surface area contributed by atoms with E-state index in [9.17, 15) is 4.79 Å². The third-order valence-corrected chi connectivity index (χ3v) is 3.17. The second-order valence-corrected chi connectivity index (χ2v) is 5.00. The molecule has 0 fully saturated rings. The number of halogens is 1. The van der Waals surface area contributed by atoms with Crippen molar-refractivity contribution < 1.29 is 0 Å². The number of aromatic nitrogens is 2. The summed E-state index contributed by atoms with van der Waals surface area (Å²) in [6.45, 7) is 5.75. The minimum Gasteiger partial charge on any atom is -0.382 e. The number of rotatable bonds is 7. The summed E-state index contributed by atoms with van der Waals surface area (Å²) in [6, 6.07) is 0. The molecule has 0 unspecified atom stereocenters. The molecule has 0 aliphatic heterocycles. The minimum absolute atomic E-state index is 0.111. The smallest absolute Gasteiger partial charge is 0.283 e. The van der Waals surface area contributed by atoms with E-state index in [1.54, 1.807) is 6.20 Å². The highest BCUT2D eigenvalue weighted by Gasteiger charge is 2.08. The zero-order chi connectivity index (χ0) is 13.5. The van der Waals surface area contributed by atoms with Crippen molar-refractivity contribution in [3.05, 3.63) is 33.7 Å². The fraction of sp³-hybridized carbons (Fsp3) is 0.500. The summed E-state index contributed by atoms with van der Waals surface area (Å²) < 4.78 is 1.99. The Hall–Kier alpha value is -1.14. The molecule has 0 bridgehead atoms. The van der Waals surface area contributed by atoms with Gasteiger partial charge in [0.1, 0.15) is 4.47 Å². The van der Waals surface area contributed by atoms with E-state index in [0.29, 0.717) is 11.0 Å². The third-order valence-electron chi connectivity index (χ3n) is 2.41. The molecule has 0 amide bonds. The van der Waals surface area contributed by atoms with Crippen LogP contribution in [0.5, 0.6) is 0 Å². The molecule has 5 nitrogen and oxygen atoms in total. The Labute approximate surface area is 116 Å². The molecule has 1 rings (SSSR count). The molecule has 1 heterocycles. The van der Waals surface area contributed by atoms with Gasteiger partial charge in [-0.1, -0.05) is 6.08 Å². The van der Waals surface area contributed by atoms with E-state index in [4.69, 9.17) is 0 Å². The number of nitrogens with one attached hydrogen (secondary N) is 1. The summed E-state index contributed by atoms with van der Waals surface area (Å²) in [5.74, 6) is 0. The molecule has 1 N–H and O–H groups in total. The Morgan fingerprint density at radius 2 is 2.33 bits per heavy atom. The van der Waals surface area contributed by atoms with Crippen LogP contribution < -0.4 is 10.9 Å². The van der Waals surface area contributed by atoms with Crippen LogP contribution in [-0.4, -0.2) is 41.9 Å². The van der Waals surface area contributed by atoms with Gasteiger partial charge in [0.2, 0.25) is 0 Å². The van der Waals surface area contributed by atoms with Crippen LogP contribution in [0.25, 0.3) is 0 Å². The molecule has 0 aliphatic carbocycles. The summed E-state index contributed by atoms with van der Waals surface area (Å²) in [6.07, 6.45) is 4.34. The molecule has 0 atom stereocenters. The van der Waals surface area contributed by atoms with Gasteiger partial charge in [0.15, 0.2) is 0 Å². The number of nitrogens with zero attached hydrogens (tertiary/aromatic N) is 3. The van der Waals surface area contributed by atoms with Crippen molar-refractivity contribution in [2.24, 2.45) is 0 Å². The average Bonchev–Trinajstić information content (AvgIpc) is 2.33. The number of likely N-dealkylation sites (N-methyl/N-ethyl adjacent to an activating group) is 1. The molecule has 6 heteroatoms. The molecule has 0 saturated heterocycles. The van der Waals surface area contributed by atoms with Gasteiger partial charge < -0.3 is 10.2 Å². The maximum absolute atomic E-state index is 12.0. The van der Waals surface area contributed by atoms with Crippen LogP contribution in [0.3, 0.4) is 0 Å². The highest BCUT2D eigenvalue weighted by atomic mass is 79.9. The molecule has 0 aliphatic rings. The Bertz CT molecular complexity index is 456. The van der Waals surface area contributed by atoms with E-state index in [1.165, 1.54) is 4.68 Å². The molecule has 18 heavy (non-hydrogen) atoms. The topological polar surface area (TPSA) is 50.2 Å². The predicted octanol–water partition coefficient (Wildman–Crippen LogP) is 1.56. The van der Waals surface area contributed by atoms with Gasteiger partial charge >= 0.3 is 0 Å². The Morgan fingerprint density at radius 3 is 2.94 bits per heavy atom. The zero-order valence-corrected chi connectivity index (χ0v) is 12.4. The first-order chi connectivity index (χ1) is 8.56. The van der Waals surface area contributed by atoms with Gasteiger partial charge in [-0.25, -0.2) is 4.68 Å². The first kappa shape index (κ1) is 14.9. The summed E-state index contributed by atoms with van der Waals surface area (Å²) in [5, 5.41) is 7.29. The molecular weight excluding hydrogens is 296 g/mol. The average molecular weight is 315 g/mol. The van der Waals surface area contributed by atoms with Crippen LogP contribution in [0, 0.1) is 0 Å². The highest BCUT2D eigenvalue weighted by molar-refractivity contribution is 9.10. The van der Waals surface area contributed by atoms with Crippen molar-refractivity contribution in [1.29, 1.82) is 0 Å². The minimum atomic E-state index is -0.111. The monoisotopic (exact) mass is 314 g/mol. The number of hydrogen-bond acceptors (Lipinski definition) is 4. The standard InChI is InChI=1S/C12H19BrN4O/c1-4-5-6-14-10-9-15-17(8-7-16(2)3)12(18)11(10)13/h4,9,14H,1,5-8H2,2-3H3. The number of hydrogen-bond donors (Lipinski definition) is 1. The van der Waals surface area contributed by atoms with Crippen LogP contribution in [0.1, 0.15) is 6.42 Å². The van der Waals surface area contributed by atoms with Gasteiger partial charge in [-0.15, -0.1) is 6.58 Å². The summed E-state index contributed by atoms with van der Waals surface area (Å²) in [5.41, 5.74) is 0.614. The van der Waals surface area contributed by atoms with Crippen molar-refractivity contribution in [1.82, 2.24) is 14.7 Å². The van der Waals surface area contributed by atoms with Crippen LogP contribution in [0.4, 0.5) is 5.69 Å². The molecule has 0 spiro atoms. The first-order valence-corrected chi connectivity index (χ1v) is 6.60. The van der Waals surface area contributed by atoms with E-state index in [0.717, 1.165) is 25.2 Å².